The van der Waals surface area contributed by atoms with Gasteiger partial charge in [0.2, 0.25) is 11.8 Å². The molecule has 530 valence electrons. The minimum Gasteiger partial charge on any atom is -0.444 e. The van der Waals surface area contributed by atoms with Crippen LogP contribution in [0, 0.1) is 0 Å². The molecular weight excluding hydrogens is 1370 g/mol. The zero-order valence-corrected chi connectivity index (χ0v) is 64.6. The maximum Gasteiger partial charge on any atom is 0.490 e. The van der Waals surface area contributed by atoms with Gasteiger partial charge in [0, 0.05) is 82.7 Å². The summed E-state index contributed by atoms with van der Waals surface area (Å²) in [6.07, 6.45) is 5.77. The molecule has 0 aliphatic carbocycles. The second-order valence-corrected chi connectivity index (χ2v) is 34.3. The summed E-state index contributed by atoms with van der Waals surface area (Å²) in [4.78, 5) is 95.5. The van der Waals surface area contributed by atoms with Crippen molar-refractivity contribution < 1.29 is 66.5 Å². The summed E-state index contributed by atoms with van der Waals surface area (Å²) in [6, 6.07) is -0.242. The first-order chi connectivity index (χ1) is 44.6. The summed E-state index contributed by atoms with van der Waals surface area (Å²) in [7, 11) is -0.182. The van der Waals surface area contributed by atoms with Crippen LogP contribution in [0.25, 0.3) is 26.7 Å². The summed E-state index contributed by atoms with van der Waals surface area (Å²) in [5.74, 6) is -0.416. The van der Waals surface area contributed by atoms with Crippen molar-refractivity contribution in [1.29, 1.82) is 0 Å². The van der Waals surface area contributed by atoms with E-state index in [1.165, 1.54) is 39.5 Å². The van der Waals surface area contributed by atoms with E-state index in [0.29, 0.717) is 68.8 Å². The molecule has 1 saturated heterocycles. The number of halogens is 1. The van der Waals surface area contributed by atoms with Gasteiger partial charge in [-0.25, -0.2) is 29.1 Å². The van der Waals surface area contributed by atoms with Gasteiger partial charge >= 0.3 is 31.5 Å². The number of rotatable bonds is 14. The summed E-state index contributed by atoms with van der Waals surface area (Å²) in [5, 5.41) is 13.2. The fraction of sp³-hybridized carbons (Fsp3) is 0.647. The van der Waals surface area contributed by atoms with E-state index in [4.69, 9.17) is 42.7 Å². The number of thiophene rings is 2. The molecule has 0 aromatic carbocycles. The Kier molecular flexibility index (Phi) is 26.2. The van der Waals surface area contributed by atoms with E-state index in [-0.39, 0.29) is 80.3 Å². The molecule has 4 aromatic rings. The highest BCUT2D eigenvalue weighted by Gasteiger charge is 2.52. The Labute approximate surface area is 592 Å². The first kappa shape index (κ1) is 77.9. The number of carbonyl (C=O) groups excluding carboxylic acids is 6. The summed E-state index contributed by atoms with van der Waals surface area (Å²) in [5.41, 5.74) is 4.41. The lowest BCUT2D eigenvalue weighted by molar-refractivity contribution is -0.117. The average molecular weight is 1470 g/mol. The van der Waals surface area contributed by atoms with Crippen LogP contribution in [-0.2, 0) is 73.3 Å². The molecule has 4 aromatic heterocycles. The van der Waals surface area contributed by atoms with Crippen LogP contribution < -0.4 is 10.6 Å². The molecule has 28 heteroatoms. The van der Waals surface area contributed by atoms with Crippen LogP contribution in [0.2, 0.25) is 0 Å². The Hall–Kier alpha value is -5.46. The zero-order chi connectivity index (χ0) is 71.0. The molecule has 9 heterocycles. The molecule has 0 unspecified atom stereocenters. The van der Waals surface area contributed by atoms with Crippen LogP contribution in [0.15, 0.2) is 33.0 Å². The van der Waals surface area contributed by atoms with E-state index in [2.05, 4.69) is 76.8 Å². The molecule has 1 fully saturated rings. The average Bonchev–Trinajstić information content (AvgIpc) is 1.64. The second-order valence-electron chi connectivity index (χ2n) is 29.6. The fourth-order valence-corrected chi connectivity index (χ4v) is 15.3. The van der Waals surface area contributed by atoms with Gasteiger partial charge in [-0.2, -0.15) is 0 Å². The van der Waals surface area contributed by atoms with Crippen molar-refractivity contribution in [3.05, 3.63) is 59.6 Å². The number of anilines is 2. The molecule has 96 heavy (non-hydrogen) atoms. The van der Waals surface area contributed by atoms with Crippen molar-refractivity contribution in [3.63, 3.8) is 0 Å². The number of fused-ring (bicyclic) bond motifs is 2. The van der Waals surface area contributed by atoms with Gasteiger partial charge in [0.15, 0.2) is 0 Å². The van der Waals surface area contributed by atoms with Gasteiger partial charge in [0.25, 0.3) is 0 Å². The van der Waals surface area contributed by atoms with Crippen molar-refractivity contribution in [2.24, 2.45) is 0 Å². The SMILES string of the molecule is CC(C)N(CCC(=O)Nc1sc2c(c1-c1nc(Br)cs1)CCN(C(=O)OC(C)(C)C)C2)C(=O)OC(C)(C)C.CC(C)N(CCC(=O)Nc1sc2c(c1-c1nc(C3=CCOCC3)cs1)CCN(C(=O)OC(C)(C)C)C2)C(=O)OC(C)(C)C.CC1(C)OB(C2=CCOCC2)OC1(C)C. The number of hydrogen-bond donors (Lipinski definition) is 2. The predicted molar refractivity (Wildman–Crippen MR) is 385 cm³/mol. The minimum absolute atomic E-state index is 0.111. The zero-order valence-electron chi connectivity index (χ0n) is 59.8. The Balaban J connectivity index is 0.000000224. The van der Waals surface area contributed by atoms with Crippen molar-refractivity contribution >= 4 is 120 Å². The van der Waals surface area contributed by atoms with Gasteiger partial charge in [-0.15, -0.1) is 45.3 Å². The van der Waals surface area contributed by atoms with E-state index in [9.17, 15) is 28.8 Å². The van der Waals surface area contributed by atoms with E-state index in [1.807, 2.05) is 116 Å². The topological polar surface area (TPSA) is 239 Å². The van der Waals surface area contributed by atoms with Gasteiger partial charge in [0.1, 0.15) is 47.0 Å². The normalized spacial score (nSPS) is 17.0. The molecule has 0 spiro atoms. The Bertz CT molecular complexity index is 3460. The maximum absolute atomic E-state index is 13.3. The maximum atomic E-state index is 13.3. The summed E-state index contributed by atoms with van der Waals surface area (Å²) < 4.78 is 45.6. The van der Waals surface area contributed by atoms with Crippen LogP contribution in [0.3, 0.4) is 0 Å². The van der Waals surface area contributed by atoms with Gasteiger partial charge in [-0.05, 0) is 202 Å². The molecule has 0 saturated carbocycles. The second kappa shape index (κ2) is 32.2. The number of nitrogens with zero attached hydrogens (tertiary/aromatic N) is 6. The van der Waals surface area contributed by atoms with Crippen LogP contribution in [-0.4, -0.2) is 171 Å². The van der Waals surface area contributed by atoms with Crippen molar-refractivity contribution in [2.45, 2.75) is 236 Å². The van der Waals surface area contributed by atoms with Crippen molar-refractivity contribution in [1.82, 2.24) is 29.6 Å². The summed E-state index contributed by atoms with van der Waals surface area (Å²) >= 11 is 9.39. The molecule has 22 nitrogen and oxygen atoms in total. The lowest BCUT2D eigenvalue weighted by atomic mass is 9.75. The Morgan fingerprint density at radius 3 is 1.40 bits per heavy atom. The summed E-state index contributed by atoms with van der Waals surface area (Å²) in [6.45, 7) is 42.9. The third kappa shape index (κ3) is 22.0. The number of carbonyl (C=O) groups is 6. The van der Waals surface area contributed by atoms with Crippen LogP contribution in [0.4, 0.5) is 29.2 Å². The van der Waals surface area contributed by atoms with Crippen LogP contribution in [0.1, 0.15) is 191 Å². The monoisotopic (exact) mass is 1470 g/mol. The molecular formula is C68H100BBrN8O14S4. The van der Waals surface area contributed by atoms with E-state index in [0.717, 1.165) is 77.3 Å². The molecule has 0 bridgehead atoms. The third-order valence-electron chi connectivity index (χ3n) is 15.8. The van der Waals surface area contributed by atoms with E-state index >= 15 is 0 Å². The molecule has 2 N–H and O–H groups in total. The lowest BCUT2D eigenvalue weighted by Crippen LogP contribution is -2.42. The highest BCUT2D eigenvalue weighted by atomic mass is 79.9. The Morgan fingerprint density at radius 2 is 1.02 bits per heavy atom. The highest BCUT2D eigenvalue weighted by molar-refractivity contribution is 9.10. The molecule has 6 amide bonds. The van der Waals surface area contributed by atoms with Gasteiger partial charge in [-0.1, -0.05) is 12.2 Å². The first-order valence-electron chi connectivity index (χ1n) is 32.9. The van der Waals surface area contributed by atoms with Crippen LogP contribution in [0.5, 0.6) is 0 Å². The number of hydrogen-bond acceptors (Lipinski definition) is 20. The Morgan fingerprint density at radius 1 is 0.604 bits per heavy atom. The first-order valence-corrected chi connectivity index (χ1v) is 37.1. The lowest BCUT2D eigenvalue weighted by Gasteiger charge is -2.32. The molecule has 0 radical (unpaired) electrons. The number of amides is 6. The number of aromatic nitrogens is 2. The minimum atomic E-state index is -0.627. The molecule has 9 rings (SSSR count). The van der Waals surface area contributed by atoms with E-state index in [1.54, 1.807) is 30.9 Å². The third-order valence-corrected chi connectivity index (χ3v) is 20.5. The van der Waals surface area contributed by atoms with Gasteiger partial charge in [0.05, 0.1) is 56.4 Å². The molecule has 5 aliphatic rings. The smallest absolute Gasteiger partial charge is 0.444 e. The largest absolute Gasteiger partial charge is 0.490 e. The van der Waals surface area contributed by atoms with Gasteiger partial charge in [-0.3, -0.25) is 9.59 Å². The van der Waals surface area contributed by atoms with E-state index < -0.39 is 34.6 Å². The highest BCUT2D eigenvalue weighted by Crippen LogP contribution is 2.47. The number of thiazole rings is 2. The quantitative estimate of drug-likeness (QED) is 0.0881. The van der Waals surface area contributed by atoms with Crippen LogP contribution >= 0.6 is 61.3 Å². The predicted octanol–water partition coefficient (Wildman–Crippen LogP) is 15.8. The van der Waals surface area contributed by atoms with Crippen molar-refractivity contribution in [3.8, 4) is 21.1 Å². The number of nitrogens with one attached hydrogen (secondary N) is 2. The molecule has 5 aliphatic heterocycles. The fourth-order valence-electron chi connectivity index (χ4n) is 10.4. The van der Waals surface area contributed by atoms with Gasteiger partial charge < -0.3 is 68.0 Å². The van der Waals surface area contributed by atoms with Crippen molar-refractivity contribution in [2.75, 3.05) is 63.2 Å². The molecule has 0 atom stereocenters. The standard InChI is InChI=1S/C31H44N4O6S2.C26H37BrN4O5S2.C11H19BO3/c1-19(2)35(29(38)41-31(6,7)8)14-10-24(36)33-27-25(26-32-22(18-42-26)20-11-15-39-16-12-20)21-9-13-34(17-23(21)43-27)28(37)40-30(3,4)5;1-15(2)31(24(34)36-26(6,7)8)12-10-19(32)29-22-20(21-28-18(27)14-37-21)16-9-11-30(13-17(16)38-22)23(33)35-25(3,4)5;1-10(2)11(3,4)15-12(14-10)9-5-7-13-8-6-9/h11,18-19H,9-10,12-17H2,1-8H3,(H,33,36);14-15H,9-13H2,1-8H3,(H,29,32);5H,6-8H2,1-4H3. The number of ether oxygens (including phenoxy) is 6.